The summed E-state index contributed by atoms with van der Waals surface area (Å²) in [4.78, 5) is 17.9. The number of carbonyl (C=O) groups excluding carboxylic acids is 1. The van der Waals surface area contributed by atoms with Crippen molar-refractivity contribution in [2.24, 2.45) is 0 Å². The van der Waals surface area contributed by atoms with Gasteiger partial charge in [0.15, 0.2) is 0 Å². The van der Waals surface area contributed by atoms with E-state index in [1.54, 1.807) is 4.68 Å². The fourth-order valence-corrected chi connectivity index (χ4v) is 4.46. The SMILES string of the molecule is CC1=C(C(=O)Nc2ccc(C)cc2C)C(c2ccc(OCc3ccc(Cl)cc3)cc2)n2ncnc2N1. The number of fused-ring (bicyclic) bond motifs is 1. The van der Waals surface area contributed by atoms with Crippen molar-refractivity contribution >= 4 is 29.1 Å². The van der Waals surface area contributed by atoms with E-state index >= 15 is 0 Å². The minimum atomic E-state index is -0.445. The highest BCUT2D eigenvalue weighted by Crippen LogP contribution is 2.36. The normalized spacial score (nSPS) is 14.7. The summed E-state index contributed by atoms with van der Waals surface area (Å²) in [5, 5.41) is 11.4. The molecule has 7 nitrogen and oxygen atoms in total. The van der Waals surface area contributed by atoms with Gasteiger partial charge < -0.3 is 15.4 Å². The fraction of sp³-hybridized carbons (Fsp3) is 0.179. The molecule has 36 heavy (non-hydrogen) atoms. The molecule has 0 spiro atoms. The number of hydrogen-bond donors (Lipinski definition) is 2. The Hall–Kier alpha value is -4.10. The van der Waals surface area contributed by atoms with Gasteiger partial charge in [-0.2, -0.15) is 10.1 Å². The van der Waals surface area contributed by atoms with Crippen molar-refractivity contribution in [3.8, 4) is 5.75 Å². The summed E-state index contributed by atoms with van der Waals surface area (Å²) in [5.74, 6) is 1.12. The number of amides is 1. The molecule has 0 aliphatic carbocycles. The Morgan fingerprint density at radius 2 is 1.81 bits per heavy atom. The number of allylic oxidation sites excluding steroid dienone is 1. The average molecular weight is 500 g/mol. The van der Waals surface area contributed by atoms with Crippen molar-refractivity contribution in [2.75, 3.05) is 10.6 Å². The van der Waals surface area contributed by atoms with Crippen LogP contribution < -0.4 is 15.4 Å². The van der Waals surface area contributed by atoms with E-state index < -0.39 is 6.04 Å². The molecule has 182 valence electrons. The van der Waals surface area contributed by atoms with Crippen molar-refractivity contribution in [2.45, 2.75) is 33.4 Å². The van der Waals surface area contributed by atoms with Crippen LogP contribution in [0.4, 0.5) is 11.6 Å². The Bertz CT molecular complexity index is 1440. The predicted octanol–water partition coefficient (Wildman–Crippen LogP) is 6.05. The van der Waals surface area contributed by atoms with E-state index in [1.165, 1.54) is 6.33 Å². The van der Waals surface area contributed by atoms with Gasteiger partial charge in [0.25, 0.3) is 5.91 Å². The monoisotopic (exact) mass is 499 g/mol. The number of aryl methyl sites for hydroxylation is 2. The Balaban J connectivity index is 1.41. The first-order valence-electron chi connectivity index (χ1n) is 11.6. The number of nitrogens with zero attached hydrogens (tertiary/aromatic N) is 3. The second kappa shape index (κ2) is 9.87. The van der Waals surface area contributed by atoms with Crippen molar-refractivity contribution < 1.29 is 9.53 Å². The first kappa shape index (κ1) is 23.6. The van der Waals surface area contributed by atoms with Crippen LogP contribution in [0.5, 0.6) is 5.75 Å². The van der Waals surface area contributed by atoms with Crippen molar-refractivity contribution in [1.82, 2.24) is 14.8 Å². The molecule has 0 bridgehead atoms. The van der Waals surface area contributed by atoms with Crippen molar-refractivity contribution in [1.29, 1.82) is 0 Å². The van der Waals surface area contributed by atoms with Gasteiger partial charge in [-0.15, -0.1) is 0 Å². The molecule has 2 heterocycles. The van der Waals surface area contributed by atoms with Gasteiger partial charge in [0.1, 0.15) is 24.7 Å². The number of benzene rings is 3. The van der Waals surface area contributed by atoms with Gasteiger partial charge in [-0.1, -0.05) is 53.6 Å². The summed E-state index contributed by atoms with van der Waals surface area (Å²) in [6, 6.07) is 20.8. The lowest BCUT2D eigenvalue weighted by Gasteiger charge is -2.29. The molecule has 0 saturated carbocycles. The van der Waals surface area contributed by atoms with Gasteiger partial charge in [0.2, 0.25) is 5.95 Å². The van der Waals surface area contributed by atoms with E-state index in [0.29, 0.717) is 23.2 Å². The summed E-state index contributed by atoms with van der Waals surface area (Å²) < 4.78 is 7.67. The Kier molecular flexibility index (Phi) is 6.48. The molecule has 1 aliphatic rings. The first-order chi connectivity index (χ1) is 17.4. The molecule has 1 amide bonds. The summed E-state index contributed by atoms with van der Waals surface area (Å²) in [6.45, 7) is 6.32. The molecule has 5 rings (SSSR count). The molecule has 2 N–H and O–H groups in total. The molecular weight excluding hydrogens is 474 g/mol. The van der Waals surface area contributed by atoms with E-state index in [2.05, 4.69) is 20.7 Å². The number of ether oxygens (including phenoxy) is 1. The van der Waals surface area contributed by atoms with Gasteiger partial charge in [-0.25, -0.2) is 4.68 Å². The highest BCUT2D eigenvalue weighted by molar-refractivity contribution is 6.30. The molecule has 1 atom stereocenters. The third-order valence-corrected chi connectivity index (χ3v) is 6.44. The maximum Gasteiger partial charge on any atom is 0.255 e. The summed E-state index contributed by atoms with van der Waals surface area (Å²) >= 11 is 5.96. The van der Waals surface area contributed by atoms with Gasteiger partial charge >= 0.3 is 0 Å². The molecule has 1 unspecified atom stereocenters. The average Bonchev–Trinajstić information content (AvgIpc) is 3.33. The second-order valence-corrected chi connectivity index (χ2v) is 9.29. The lowest BCUT2D eigenvalue weighted by atomic mass is 9.94. The zero-order valence-electron chi connectivity index (χ0n) is 20.2. The summed E-state index contributed by atoms with van der Waals surface area (Å²) in [7, 11) is 0. The van der Waals surface area contributed by atoms with E-state index in [4.69, 9.17) is 16.3 Å². The number of nitrogens with one attached hydrogen (secondary N) is 2. The maximum absolute atomic E-state index is 13.6. The minimum absolute atomic E-state index is 0.193. The van der Waals surface area contributed by atoms with Crippen LogP contribution in [0.2, 0.25) is 5.02 Å². The van der Waals surface area contributed by atoms with Crippen LogP contribution in [-0.2, 0) is 11.4 Å². The second-order valence-electron chi connectivity index (χ2n) is 8.85. The molecule has 4 aromatic rings. The molecule has 0 saturated heterocycles. The van der Waals surface area contributed by atoms with Crippen molar-refractivity contribution in [3.05, 3.63) is 112 Å². The number of rotatable bonds is 6. The third kappa shape index (κ3) is 4.83. The Labute approximate surface area is 214 Å². The summed E-state index contributed by atoms with van der Waals surface area (Å²) in [5.41, 5.74) is 6.15. The largest absolute Gasteiger partial charge is 0.489 e. The van der Waals surface area contributed by atoms with E-state index in [1.807, 2.05) is 87.5 Å². The predicted molar refractivity (Wildman–Crippen MR) is 141 cm³/mol. The zero-order valence-corrected chi connectivity index (χ0v) is 21.0. The minimum Gasteiger partial charge on any atom is -0.489 e. The van der Waals surface area contributed by atoms with E-state index in [0.717, 1.165) is 39.4 Å². The van der Waals surface area contributed by atoms with E-state index in [9.17, 15) is 4.79 Å². The van der Waals surface area contributed by atoms with Gasteiger partial charge in [0.05, 0.1) is 5.57 Å². The smallest absolute Gasteiger partial charge is 0.255 e. The van der Waals surface area contributed by atoms with Crippen LogP contribution in [0.3, 0.4) is 0 Å². The summed E-state index contributed by atoms with van der Waals surface area (Å²) in [6.07, 6.45) is 1.48. The molecule has 3 aromatic carbocycles. The Morgan fingerprint density at radius 3 is 2.53 bits per heavy atom. The maximum atomic E-state index is 13.6. The van der Waals surface area contributed by atoms with Gasteiger partial charge in [-0.3, -0.25) is 4.79 Å². The van der Waals surface area contributed by atoms with Gasteiger partial charge in [0, 0.05) is 16.4 Å². The quantitative estimate of drug-likeness (QED) is 0.337. The van der Waals surface area contributed by atoms with Crippen LogP contribution in [0.25, 0.3) is 0 Å². The number of hydrogen-bond acceptors (Lipinski definition) is 5. The van der Waals surface area contributed by atoms with Crippen LogP contribution in [-0.4, -0.2) is 20.7 Å². The van der Waals surface area contributed by atoms with E-state index in [-0.39, 0.29) is 5.91 Å². The topological polar surface area (TPSA) is 81.1 Å². The third-order valence-electron chi connectivity index (χ3n) is 6.18. The first-order valence-corrected chi connectivity index (χ1v) is 12.0. The zero-order chi connectivity index (χ0) is 25.2. The standard InChI is InChI=1S/C28H26ClN5O2/c1-17-4-13-24(18(2)14-17)33-27(35)25-19(3)32-28-30-16-31-34(28)26(25)21-7-11-23(12-8-21)36-15-20-5-9-22(29)10-6-20/h4-14,16,26H,15H2,1-3H3,(H,33,35)(H,30,31,32). The molecule has 0 fully saturated rings. The Morgan fingerprint density at radius 1 is 1.06 bits per heavy atom. The number of carbonyl (C=O) groups is 1. The van der Waals surface area contributed by atoms with Crippen molar-refractivity contribution in [3.63, 3.8) is 0 Å². The van der Waals surface area contributed by atoms with Crippen LogP contribution >= 0.6 is 11.6 Å². The number of anilines is 2. The highest BCUT2D eigenvalue weighted by Gasteiger charge is 2.33. The number of halogens is 1. The van der Waals surface area contributed by atoms with Crippen LogP contribution in [0, 0.1) is 13.8 Å². The molecule has 8 heteroatoms. The van der Waals surface area contributed by atoms with Crippen LogP contribution in [0.1, 0.15) is 35.2 Å². The lowest BCUT2D eigenvalue weighted by molar-refractivity contribution is -0.113. The highest BCUT2D eigenvalue weighted by atomic mass is 35.5. The fourth-order valence-electron chi connectivity index (χ4n) is 4.33. The molecule has 0 radical (unpaired) electrons. The lowest BCUT2D eigenvalue weighted by Crippen LogP contribution is -2.31. The molecule has 1 aromatic heterocycles. The van der Waals surface area contributed by atoms with Crippen LogP contribution in [0.15, 0.2) is 84.3 Å². The molecule has 1 aliphatic heterocycles. The van der Waals surface area contributed by atoms with Gasteiger partial charge in [-0.05, 0) is 67.8 Å². The molecular formula is C28H26ClN5O2. The number of aromatic nitrogens is 3.